The van der Waals surface area contributed by atoms with Gasteiger partial charge in [-0.3, -0.25) is 9.59 Å². The van der Waals surface area contributed by atoms with Crippen molar-refractivity contribution in [1.29, 1.82) is 0 Å². The molecule has 2 amide bonds. The van der Waals surface area contributed by atoms with Crippen LogP contribution >= 0.6 is 0 Å². The van der Waals surface area contributed by atoms with Gasteiger partial charge < -0.3 is 10.6 Å². The number of hydrogen-bond acceptors (Lipinski definition) is 7. The molecule has 304 valence electrons. The van der Waals surface area contributed by atoms with Crippen LogP contribution in [0.2, 0.25) is 0 Å². The lowest BCUT2D eigenvalue weighted by Gasteiger charge is -2.12. The number of nitrogens with one attached hydrogen (secondary N) is 2. The summed E-state index contributed by atoms with van der Waals surface area (Å²) >= 11 is 0. The molecule has 8 aromatic rings. The van der Waals surface area contributed by atoms with Crippen LogP contribution in [-0.4, -0.2) is 36.7 Å². The van der Waals surface area contributed by atoms with E-state index in [0.29, 0.717) is 35.8 Å². The lowest BCUT2D eigenvalue weighted by molar-refractivity contribution is -0.117. The van der Waals surface area contributed by atoms with Gasteiger partial charge in [-0.1, -0.05) is 105 Å². The summed E-state index contributed by atoms with van der Waals surface area (Å²) in [5.74, 6) is 0.944. The fraction of sp³-hybridized carbons (Fsp3) is 0.212. The van der Waals surface area contributed by atoms with Gasteiger partial charge in [-0.2, -0.15) is 0 Å². The van der Waals surface area contributed by atoms with Crippen molar-refractivity contribution in [3.8, 4) is 56.2 Å². The van der Waals surface area contributed by atoms with Crippen molar-refractivity contribution < 1.29 is 9.59 Å². The Hall–Kier alpha value is -7.13. The molecule has 0 saturated carbocycles. The lowest BCUT2D eigenvalue weighted by Crippen LogP contribution is -2.12. The van der Waals surface area contributed by atoms with E-state index >= 15 is 0 Å². The first-order chi connectivity index (χ1) is 29.6. The van der Waals surface area contributed by atoms with Crippen LogP contribution in [0.4, 0.5) is 11.6 Å². The minimum Gasteiger partial charge on any atom is -0.311 e. The number of benzene rings is 3. The third-order valence-corrected chi connectivity index (χ3v) is 11.0. The van der Waals surface area contributed by atoms with Crippen LogP contribution in [-0.2, 0) is 9.59 Å². The molecule has 61 heavy (non-hydrogen) atoms. The van der Waals surface area contributed by atoms with Gasteiger partial charge in [0.25, 0.3) is 0 Å². The Labute approximate surface area is 356 Å². The SMILES string of the molecule is CCCCC(=O)Nc1ccc2c(C)cc(-c3ccc(-c4cc(-c5ccc(C)cc5)cc(-c5ccc(-c6cc(C)c7ccc(NC(=O)CCCC)nc7n6)cc5)n4)cc3)nc2n1. The largest absolute Gasteiger partial charge is 0.311 e. The van der Waals surface area contributed by atoms with Crippen molar-refractivity contribution in [1.82, 2.24) is 24.9 Å². The second-order valence-electron chi connectivity index (χ2n) is 15.7. The standard InChI is InChI=1S/C52H49N7O2/c1-6-8-10-49(60)56-47-26-24-41-33(4)28-43(54-51(41)58-47)36-16-20-38(21-17-36)45-30-40(35-14-12-32(3)13-15-35)31-46(53-45)39-22-18-37(19-23-39)44-29-34(5)42-25-27-48(59-52(42)55-44)57-50(61)11-9-7-2/h12-31H,6-11H2,1-5H3,(H,54,56,58,60)(H,55,57,59,61). The molecule has 0 saturated heterocycles. The first-order valence-electron chi connectivity index (χ1n) is 21.1. The van der Waals surface area contributed by atoms with Crippen molar-refractivity contribution in [2.75, 3.05) is 10.6 Å². The summed E-state index contributed by atoms with van der Waals surface area (Å²) < 4.78 is 0. The van der Waals surface area contributed by atoms with Gasteiger partial charge in [0, 0.05) is 45.9 Å². The van der Waals surface area contributed by atoms with Crippen LogP contribution in [0.3, 0.4) is 0 Å². The number of amides is 2. The van der Waals surface area contributed by atoms with Gasteiger partial charge in [0.1, 0.15) is 11.6 Å². The number of unbranched alkanes of at least 4 members (excludes halogenated alkanes) is 2. The highest BCUT2D eigenvalue weighted by atomic mass is 16.2. The fourth-order valence-electron chi connectivity index (χ4n) is 7.42. The van der Waals surface area contributed by atoms with E-state index in [0.717, 1.165) is 104 Å². The normalized spacial score (nSPS) is 11.2. The van der Waals surface area contributed by atoms with E-state index in [1.807, 2.05) is 24.3 Å². The Kier molecular flexibility index (Phi) is 12.0. The van der Waals surface area contributed by atoms with Crippen LogP contribution in [0.5, 0.6) is 0 Å². The zero-order valence-electron chi connectivity index (χ0n) is 35.3. The van der Waals surface area contributed by atoms with Crippen molar-refractivity contribution in [3.05, 3.63) is 138 Å². The van der Waals surface area contributed by atoms with E-state index in [-0.39, 0.29) is 11.8 Å². The van der Waals surface area contributed by atoms with E-state index in [1.54, 1.807) is 0 Å². The first kappa shape index (κ1) is 40.6. The molecular formula is C52H49N7O2. The first-order valence-corrected chi connectivity index (χ1v) is 21.1. The minimum absolute atomic E-state index is 0.0375. The van der Waals surface area contributed by atoms with E-state index in [4.69, 9.17) is 24.9 Å². The number of hydrogen-bond donors (Lipinski definition) is 2. The third-order valence-electron chi connectivity index (χ3n) is 11.0. The van der Waals surface area contributed by atoms with E-state index in [9.17, 15) is 9.59 Å². The summed E-state index contributed by atoms with van der Waals surface area (Å²) in [5.41, 5.74) is 13.9. The maximum absolute atomic E-state index is 12.4. The number of aryl methyl sites for hydroxylation is 3. The molecule has 0 unspecified atom stereocenters. The molecule has 0 fully saturated rings. The Morgan fingerprint density at radius 1 is 0.426 bits per heavy atom. The maximum atomic E-state index is 12.4. The van der Waals surface area contributed by atoms with Gasteiger partial charge in [0.15, 0.2) is 11.3 Å². The second-order valence-corrected chi connectivity index (χ2v) is 15.7. The van der Waals surface area contributed by atoms with Crippen molar-refractivity contribution in [3.63, 3.8) is 0 Å². The van der Waals surface area contributed by atoms with Gasteiger partial charge in [-0.15, -0.1) is 0 Å². The zero-order valence-corrected chi connectivity index (χ0v) is 35.3. The zero-order chi connectivity index (χ0) is 42.5. The molecule has 3 aromatic carbocycles. The summed E-state index contributed by atoms with van der Waals surface area (Å²) in [7, 11) is 0. The maximum Gasteiger partial charge on any atom is 0.225 e. The Morgan fingerprint density at radius 2 is 0.803 bits per heavy atom. The molecular weight excluding hydrogens is 755 g/mol. The quantitative estimate of drug-likeness (QED) is 0.119. The molecule has 2 N–H and O–H groups in total. The molecule has 0 radical (unpaired) electrons. The molecule has 0 bridgehead atoms. The average molecular weight is 804 g/mol. The van der Waals surface area contributed by atoms with E-state index in [1.165, 1.54) is 5.56 Å². The molecule has 9 nitrogen and oxygen atoms in total. The van der Waals surface area contributed by atoms with E-state index in [2.05, 4.69) is 142 Å². The lowest BCUT2D eigenvalue weighted by atomic mass is 9.98. The molecule has 0 aliphatic carbocycles. The predicted octanol–water partition coefficient (Wildman–Crippen LogP) is 12.5. The van der Waals surface area contributed by atoms with Crippen molar-refractivity contribution in [2.24, 2.45) is 0 Å². The number of rotatable bonds is 13. The summed E-state index contributed by atoms with van der Waals surface area (Å²) in [6, 6.07) is 41.3. The Balaban J connectivity index is 1.09. The molecule has 0 spiro atoms. The van der Waals surface area contributed by atoms with Crippen molar-refractivity contribution in [2.45, 2.75) is 73.1 Å². The second kappa shape index (κ2) is 18.0. The predicted molar refractivity (Wildman–Crippen MR) is 248 cm³/mol. The smallest absolute Gasteiger partial charge is 0.225 e. The highest BCUT2D eigenvalue weighted by Gasteiger charge is 2.14. The highest BCUT2D eigenvalue weighted by molar-refractivity contribution is 5.93. The summed E-state index contributed by atoms with van der Waals surface area (Å²) in [6.45, 7) is 10.3. The number of fused-ring (bicyclic) bond motifs is 2. The summed E-state index contributed by atoms with van der Waals surface area (Å²) in [4.78, 5) is 49.3. The summed E-state index contributed by atoms with van der Waals surface area (Å²) in [5, 5.41) is 7.74. The fourth-order valence-corrected chi connectivity index (χ4v) is 7.42. The van der Waals surface area contributed by atoms with Gasteiger partial charge in [-0.05, 0) is 104 Å². The van der Waals surface area contributed by atoms with Gasteiger partial charge in [0.05, 0.1) is 22.8 Å². The Morgan fingerprint density at radius 3 is 1.20 bits per heavy atom. The number of pyridine rings is 5. The van der Waals surface area contributed by atoms with Crippen LogP contribution in [0.15, 0.2) is 121 Å². The molecule has 0 aliphatic heterocycles. The van der Waals surface area contributed by atoms with Gasteiger partial charge in [0.2, 0.25) is 11.8 Å². The Bertz CT molecular complexity index is 2720. The van der Waals surface area contributed by atoms with Crippen LogP contribution < -0.4 is 10.6 Å². The molecule has 5 heterocycles. The topological polar surface area (TPSA) is 123 Å². The molecule has 5 aromatic heterocycles. The number of anilines is 2. The molecule has 9 heteroatoms. The summed E-state index contributed by atoms with van der Waals surface area (Å²) in [6.07, 6.45) is 4.53. The highest BCUT2D eigenvalue weighted by Crippen LogP contribution is 2.34. The third kappa shape index (κ3) is 9.36. The van der Waals surface area contributed by atoms with Crippen molar-refractivity contribution >= 4 is 45.5 Å². The van der Waals surface area contributed by atoms with Crippen LogP contribution in [0.1, 0.15) is 69.1 Å². The monoisotopic (exact) mass is 803 g/mol. The van der Waals surface area contributed by atoms with Gasteiger partial charge >= 0.3 is 0 Å². The van der Waals surface area contributed by atoms with Gasteiger partial charge in [-0.25, -0.2) is 24.9 Å². The van der Waals surface area contributed by atoms with E-state index < -0.39 is 0 Å². The minimum atomic E-state index is -0.0375. The average Bonchev–Trinajstić information content (AvgIpc) is 3.27. The number of carbonyl (C=O) groups excluding carboxylic acids is 2. The molecule has 8 rings (SSSR count). The molecule has 0 atom stereocenters. The number of aromatic nitrogens is 5. The number of carbonyl (C=O) groups is 2. The number of nitrogens with zero attached hydrogens (tertiary/aromatic N) is 5. The van der Waals surface area contributed by atoms with Crippen LogP contribution in [0, 0.1) is 20.8 Å². The van der Waals surface area contributed by atoms with Crippen LogP contribution in [0.25, 0.3) is 78.2 Å². The molecule has 0 aliphatic rings.